The summed E-state index contributed by atoms with van der Waals surface area (Å²) in [5, 5.41) is 6.62. The van der Waals surface area contributed by atoms with Gasteiger partial charge in [0, 0.05) is 54.7 Å². The van der Waals surface area contributed by atoms with Gasteiger partial charge in [0.1, 0.15) is 22.3 Å². The Balaban J connectivity index is 1.04. The minimum atomic E-state index is 0.571. The van der Waals surface area contributed by atoms with Gasteiger partial charge in [-0.2, -0.15) is 0 Å². The van der Waals surface area contributed by atoms with Gasteiger partial charge in [-0.25, -0.2) is 15.0 Å². The van der Waals surface area contributed by atoms with Crippen molar-refractivity contribution in [2.75, 3.05) is 0 Å². The van der Waals surface area contributed by atoms with Crippen molar-refractivity contribution in [2.24, 2.45) is 0 Å². The van der Waals surface area contributed by atoms with Crippen molar-refractivity contribution in [1.29, 1.82) is 0 Å². The zero-order chi connectivity index (χ0) is 37.5. The van der Waals surface area contributed by atoms with Crippen LogP contribution in [0.1, 0.15) is 0 Å². The van der Waals surface area contributed by atoms with Crippen molar-refractivity contribution in [3.63, 3.8) is 0 Å². The molecule has 6 heteroatoms. The summed E-state index contributed by atoms with van der Waals surface area (Å²) < 4.78 is 15.1. The zero-order valence-corrected chi connectivity index (χ0v) is 30.4. The third-order valence-electron chi connectivity index (χ3n) is 11.1. The van der Waals surface area contributed by atoms with Crippen LogP contribution in [0.25, 0.3) is 117 Å². The van der Waals surface area contributed by atoms with E-state index >= 15 is 0 Å². The Morgan fingerprint density at radius 3 is 1.75 bits per heavy atom. The van der Waals surface area contributed by atoms with Crippen LogP contribution < -0.4 is 0 Å². The Morgan fingerprint density at radius 1 is 0.333 bits per heavy atom. The van der Waals surface area contributed by atoms with Crippen LogP contribution in [0.2, 0.25) is 0 Å². The normalized spacial score (nSPS) is 11.9. The fourth-order valence-corrected chi connectivity index (χ4v) is 8.42. The van der Waals surface area contributed by atoms with Gasteiger partial charge < -0.3 is 13.4 Å². The lowest BCUT2D eigenvalue weighted by Gasteiger charge is -2.10. The van der Waals surface area contributed by atoms with Crippen molar-refractivity contribution in [3.8, 4) is 51.0 Å². The molecule has 12 rings (SSSR count). The number of rotatable bonds is 5. The van der Waals surface area contributed by atoms with Gasteiger partial charge >= 0.3 is 0 Å². The fraction of sp³-hybridized carbons (Fsp3) is 0. The van der Waals surface area contributed by atoms with Crippen LogP contribution in [0.3, 0.4) is 0 Å². The summed E-state index contributed by atoms with van der Waals surface area (Å²) in [5.41, 5.74) is 11.5. The van der Waals surface area contributed by atoms with E-state index < -0.39 is 0 Å². The number of fused-ring (bicyclic) bond motifs is 9. The first-order chi connectivity index (χ1) is 28.2. The number of hydrogen-bond acceptors (Lipinski definition) is 5. The van der Waals surface area contributed by atoms with Gasteiger partial charge in [-0.05, 0) is 77.9 Å². The van der Waals surface area contributed by atoms with E-state index in [1.165, 1.54) is 16.3 Å². The standard InChI is InChI=1S/C51H30N4O2/c1-3-12-31(13-4-1)49-52-50(54-51(53-49)34-23-26-40-39-17-8-10-20-44(39)57-47(40)30-34)33-24-27-45-41(28-33)48-36(18-11-21-46(48)56-45)32-22-25-38-37-16-7-9-19-42(37)55(43(38)29-32)35-14-5-2-6-15-35/h1-30H. The van der Waals surface area contributed by atoms with Crippen LogP contribution in [0.4, 0.5) is 0 Å². The maximum absolute atomic E-state index is 6.52. The van der Waals surface area contributed by atoms with Crippen molar-refractivity contribution >= 4 is 65.7 Å². The molecule has 0 aliphatic carbocycles. The van der Waals surface area contributed by atoms with E-state index in [-0.39, 0.29) is 0 Å². The van der Waals surface area contributed by atoms with Gasteiger partial charge in [-0.1, -0.05) is 115 Å². The molecule has 0 unspecified atom stereocenters. The van der Waals surface area contributed by atoms with E-state index in [1.807, 2.05) is 72.8 Å². The van der Waals surface area contributed by atoms with Gasteiger partial charge in [-0.3, -0.25) is 0 Å². The highest BCUT2D eigenvalue weighted by molar-refractivity contribution is 6.15. The molecule has 4 aromatic heterocycles. The molecule has 0 N–H and O–H groups in total. The molecule has 266 valence electrons. The number of benzene rings is 8. The third-order valence-corrected chi connectivity index (χ3v) is 11.1. The Hall–Kier alpha value is -7.83. The summed E-state index contributed by atoms with van der Waals surface area (Å²) in [5.74, 6) is 1.74. The summed E-state index contributed by atoms with van der Waals surface area (Å²) in [4.78, 5) is 15.2. The van der Waals surface area contributed by atoms with E-state index in [9.17, 15) is 0 Å². The molecule has 0 amide bonds. The zero-order valence-electron chi connectivity index (χ0n) is 30.4. The summed E-state index contributed by atoms with van der Waals surface area (Å²) in [6.07, 6.45) is 0. The van der Waals surface area contributed by atoms with Crippen LogP contribution >= 0.6 is 0 Å². The Morgan fingerprint density at radius 2 is 0.912 bits per heavy atom. The van der Waals surface area contributed by atoms with E-state index in [4.69, 9.17) is 23.8 Å². The Labute approximate surface area is 325 Å². The van der Waals surface area contributed by atoms with Crippen LogP contribution in [0.15, 0.2) is 191 Å². The third kappa shape index (κ3) is 5.01. The van der Waals surface area contributed by atoms with Gasteiger partial charge in [0.25, 0.3) is 0 Å². The molecule has 0 atom stereocenters. The summed E-state index contributed by atoms with van der Waals surface area (Å²) in [6, 6.07) is 62.8. The number of para-hydroxylation sites is 3. The van der Waals surface area contributed by atoms with Crippen LogP contribution in [0, 0.1) is 0 Å². The van der Waals surface area contributed by atoms with E-state index in [2.05, 4.69) is 114 Å². The molecule has 6 nitrogen and oxygen atoms in total. The number of nitrogens with zero attached hydrogens (tertiary/aromatic N) is 4. The topological polar surface area (TPSA) is 69.9 Å². The van der Waals surface area contributed by atoms with Crippen molar-refractivity contribution < 1.29 is 8.83 Å². The van der Waals surface area contributed by atoms with Gasteiger partial charge in [0.15, 0.2) is 17.5 Å². The lowest BCUT2D eigenvalue weighted by Crippen LogP contribution is -2.00. The average molecular weight is 731 g/mol. The highest BCUT2D eigenvalue weighted by Gasteiger charge is 2.19. The molecule has 0 aliphatic rings. The maximum Gasteiger partial charge on any atom is 0.164 e. The van der Waals surface area contributed by atoms with Crippen molar-refractivity contribution in [2.45, 2.75) is 0 Å². The number of hydrogen-bond donors (Lipinski definition) is 0. The number of aromatic nitrogens is 4. The molecule has 57 heavy (non-hydrogen) atoms. The van der Waals surface area contributed by atoms with Gasteiger partial charge in [0.05, 0.1) is 11.0 Å². The van der Waals surface area contributed by atoms with Crippen molar-refractivity contribution in [1.82, 2.24) is 19.5 Å². The molecular weight excluding hydrogens is 701 g/mol. The molecule has 0 saturated heterocycles. The first-order valence-electron chi connectivity index (χ1n) is 19.0. The van der Waals surface area contributed by atoms with E-state index in [0.29, 0.717) is 17.5 Å². The van der Waals surface area contributed by atoms with E-state index in [0.717, 1.165) is 82.9 Å². The quantitative estimate of drug-likeness (QED) is 0.176. The molecule has 0 aliphatic heterocycles. The molecule has 0 bridgehead atoms. The molecule has 0 radical (unpaired) electrons. The second kappa shape index (κ2) is 12.3. The fourth-order valence-electron chi connectivity index (χ4n) is 8.42. The predicted molar refractivity (Wildman–Crippen MR) is 230 cm³/mol. The molecule has 0 fully saturated rings. The first-order valence-corrected chi connectivity index (χ1v) is 19.0. The maximum atomic E-state index is 6.52. The lowest BCUT2D eigenvalue weighted by atomic mass is 9.97. The molecule has 12 aromatic rings. The minimum absolute atomic E-state index is 0.571. The molecule has 8 aromatic carbocycles. The average Bonchev–Trinajstić information content (AvgIpc) is 3.95. The predicted octanol–water partition coefficient (Wildman–Crippen LogP) is 13.4. The summed E-state index contributed by atoms with van der Waals surface area (Å²) >= 11 is 0. The van der Waals surface area contributed by atoms with Crippen LogP contribution in [-0.2, 0) is 0 Å². The monoisotopic (exact) mass is 730 g/mol. The molecule has 4 heterocycles. The molecular formula is C51H30N4O2. The number of furan rings is 2. The molecule has 0 spiro atoms. The Bertz CT molecular complexity index is 3530. The van der Waals surface area contributed by atoms with Crippen LogP contribution in [-0.4, -0.2) is 19.5 Å². The second-order valence-corrected chi connectivity index (χ2v) is 14.4. The summed E-state index contributed by atoms with van der Waals surface area (Å²) in [7, 11) is 0. The second-order valence-electron chi connectivity index (χ2n) is 14.4. The lowest BCUT2D eigenvalue weighted by molar-refractivity contribution is 0.668. The van der Waals surface area contributed by atoms with Crippen molar-refractivity contribution in [3.05, 3.63) is 182 Å². The smallest absolute Gasteiger partial charge is 0.164 e. The van der Waals surface area contributed by atoms with Gasteiger partial charge in [-0.15, -0.1) is 0 Å². The first kappa shape index (κ1) is 31.5. The Kier molecular flexibility index (Phi) is 6.83. The highest BCUT2D eigenvalue weighted by Crippen LogP contribution is 2.41. The van der Waals surface area contributed by atoms with Crippen LogP contribution in [0.5, 0.6) is 0 Å². The molecule has 0 saturated carbocycles. The largest absolute Gasteiger partial charge is 0.456 e. The minimum Gasteiger partial charge on any atom is -0.456 e. The SMILES string of the molecule is c1ccc(-c2nc(-c3ccc4c(c3)oc3ccccc34)nc(-c3ccc4oc5cccc(-c6ccc7c8ccccc8n(-c8ccccc8)c7c6)c5c4c3)n2)cc1. The highest BCUT2D eigenvalue weighted by atomic mass is 16.3. The summed E-state index contributed by atoms with van der Waals surface area (Å²) in [6.45, 7) is 0. The van der Waals surface area contributed by atoms with Gasteiger partial charge in [0.2, 0.25) is 0 Å². The van der Waals surface area contributed by atoms with E-state index in [1.54, 1.807) is 0 Å².